The van der Waals surface area contributed by atoms with Gasteiger partial charge < -0.3 is 9.88 Å². The van der Waals surface area contributed by atoms with Crippen LogP contribution in [0.25, 0.3) is 10.9 Å². The molecule has 6 nitrogen and oxygen atoms in total. The Labute approximate surface area is 181 Å². The minimum Gasteiger partial charge on any atom is -0.344 e. The summed E-state index contributed by atoms with van der Waals surface area (Å²) in [5.74, 6) is -1.46. The highest BCUT2D eigenvalue weighted by molar-refractivity contribution is 6.00. The van der Waals surface area contributed by atoms with Gasteiger partial charge in [0.25, 0.3) is 11.8 Å². The maximum atomic E-state index is 13.1. The van der Waals surface area contributed by atoms with Crippen molar-refractivity contribution in [1.82, 2.24) is 15.3 Å². The Kier molecular flexibility index (Phi) is 6.84. The number of amides is 2. The highest BCUT2D eigenvalue weighted by Gasteiger charge is 2.24. The minimum atomic E-state index is -0.785. The number of carbonyl (C=O) groups is 2. The summed E-state index contributed by atoms with van der Waals surface area (Å²) < 4.78 is 15.2. The average molecular weight is 423 g/mol. The SMILES string of the molecule is CC(C)[C@H](NC(=O)c1ccc(F)cc1)C(=O)N/N=C\c1cn(C(C)C)c2ccccc12. The van der Waals surface area contributed by atoms with Crippen LogP contribution in [-0.4, -0.2) is 28.6 Å². The molecule has 2 aromatic carbocycles. The number of hydrazone groups is 1. The van der Waals surface area contributed by atoms with Crippen molar-refractivity contribution in [3.63, 3.8) is 0 Å². The Hall–Kier alpha value is -3.48. The van der Waals surface area contributed by atoms with Gasteiger partial charge >= 0.3 is 0 Å². The van der Waals surface area contributed by atoms with Crippen molar-refractivity contribution in [2.75, 3.05) is 0 Å². The summed E-state index contributed by atoms with van der Waals surface area (Å²) in [6.07, 6.45) is 3.61. The maximum absolute atomic E-state index is 13.1. The van der Waals surface area contributed by atoms with Gasteiger partial charge in [-0.2, -0.15) is 5.10 Å². The van der Waals surface area contributed by atoms with E-state index in [0.717, 1.165) is 16.5 Å². The first-order chi connectivity index (χ1) is 14.8. The Morgan fingerprint density at radius 2 is 1.71 bits per heavy atom. The van der Waals surface area contributed by atoms with E-state index in [9.17, 15) is 14.0 Å². The molecule has 1 aromatic heterocycles. The van der Waals surface area contributed by atoms with Gasteiger partial charge in [0.05, 0.1) is 6.21 Å². The van der Waals surface area contributed by atoms with Gasteiger partial charge in [-0.05, 0) is 50.1 Å². The standard InChI is InChI=1S/C24H27FN4O2/c1-15(2)22(27-23(30)17-9-11-19(25)12-10-17)24(31)28-26-13-18-14-29(16(3)4)21-8-6-5-7-20(18)21/h5-16,22H,1-4H3,(H,27,30)(H,28,31)/b26-13-/t22-/m0/s1. The molecule has 1 atom stereocenters. The molecule has 0 radical (unpaired) electrons. The van der Waals surface area contributed by atoms with Gasteiger partial charge in [0.1, 0.15) is 11.9 Å². The molecule has 162 valence electrons. The van der Waals surface area contributed by atoms with E-state index in [1.165, 1.54) is 24.3 Å². The van der Waals surface area contributed by atoms with Crippen molar-refractivity contribution < 1.29 is 14.0 Å². The van der Waals surface area contributed by atoms with Crippen LogP contribution in [0.5, 0.6) is 0 Å². The molecule has 0 bridgehead atoms. The molecular formula is C24H27FN4O2. The third kappa shape index (κ3) is 5.17. The lowest BCUT2D eigenvalue weighted by Crippen LogP contribution is -2.48. The van der Waals surface area contributed by atoms with Crippen molar-refractivity contribution in [2.24, 2.45) is 11.0 Å². The summed E-state index contributed by atoms with van der Waals surface area (Å²) in [5, 5.41) is 7.86. The zero-order valence-corrected chi connectivity index (χ0v) is 18.1. The van der Waals surface area contributed by atoms with Crippen LogP contribution in [0.2, 0.25) is 0 Å². The number of nitrogens with zero attached hydrogens (tertiary/aromatic N) is 2. The van der Waals surface area contributed by atoms with Gasteiger partial charge in [-0.3, -0.25) is 9.59 Å². The van der Waals surface area contributed by atoms with E-state index in [2.05, 4.69) is 34.3 Å². The second-order valence-electron chi connectivity index (χ2n) is 8.04. The molecule has 0 aliphatic carbocycles. The highest BCUT2D eigenvalue weighted by atomic mass is 19.1. The van der Waals surface area contributed by atoms with E-state index >= 15 is 0 Å². The van der Waals surface area contributed by atoms with Gasteiger partial charge in [-0.25, -0.2) is 9.82 Å². The smallest absolute Gasteiger partial charge is 0.262 e. The van der Waals surface area contributed by atoms with Crippen LogP contribution in [-0.2, 0) is 4.79 Å². The fourth-order valence-electron chi connectivity index (χ4n) is 3.36. The van der Waals surface area contributed by atoms with Crippen LogP contribution in [0.1, 0.15) is 49.7 Å². The van der Waals surface area contributed by atoms with Gasteiger partial charge in [-0.1, -0.05) is 32.0 Å². The second-order valence-corrected chi connectivity index (χ2v) is 8.04. The molecule has 7 heteroatoms. The number of rotatable bonds is 7. The van der Waals surface area contributed by atoms with Crippen molar-refractivity contribution in [1.29, 1.82) is 0 Å². The third-order valence-electron chi connectivity index (χ3n) is 5.05. The summed E-state index contributed by atoms with van der Waals surface area (Å²) in [6.45, 7) is 7.86. The predicted octanol–water partition coefficient (Wildman–Crippen LogP) is 4.27. The number of carbonyl (C=O) groups excluding carboxylic acids is 2. The third-order valence-corrected chi connectivity index (χ3v) is 5.05. The fraction of sp³-hybridized carbons (Fsp3) is 0.292. The maximum Gasteiger partial charge on any atom is 0.262 e. The first kappa shape index (κ1) is 22.2. The Morgan fingerprint density at radius 1 is 1.03 bits per heavy atom. The van der Waals surface area contributed by atoms with Gasteiger partial charge in [-0.15, -0.1) is 0 Å². The number of aromatic nitrogens is 1. The number of benzene rings is 2. The van der Waals surface area contributed by atoms with Crippen molar-refractivity contribution in [2.45, 2.75) is 39.8 Å². The van der Waals surface area contributed by atoms with Crippen molar-refractivity contribution in [3.8, 4) is 0 Å². The van der Waals surface area contributed by atoms with Crippen molar-refractivity contribution in [3.05, 3.63) is 71.7 Å². The molecule has 0 aliphatic rings. The largest absolute Gasteiger partial charge is 0.344 e. The fourth-order valence-corrected chi connectivity index (χ4v) is 3.36. The van der Waals surface area contributed by atoms with Crippen LogP contribution < -0.4 is 10.7 Å². The topological polar surface area (TPSA) is 75.5 Å². The lowest BCUT2D eigenvalue weighted by molar-refractivity contribution is -0.123. The van der Waals surface area contributed by atoms with Crippen LogP contribution in [0.4, 0.5) is 4.39 Å². The first-order valence-corrected chi connectivity index (χ1v) is 10.3. The second kappa shape index (κ2) is 9.55. The number of fused-ring (bicyclic) bond motifs is 1. The zero-order chi connectivity index (χ0) is 22.5. The molecule has 0 spiro atoms. The first-order valence-electron chi connectivity index (χ1n) is 10.3. The quantitative estimate of drug-likeness (QED) is 0.441. The Bertz CT molecular complexity index is 1100. The molecule has 31 heavy (non-hydrogen) atoms. The lowest BCUT2D eigenvalue weighted by Gasteiger charge is -2.20. The van der Waals surface area contributed by atoms with Crippen LogP contribution >= 0.6 is 0 Å². The summed E-state index contributed by atoms with van der Waals surface area (Å²) >= 11 is 0. The molecule has 2 amide bonds. The van der Waals surface area contributed by atoms with E-state index in [1.54, 1.807) is 6.21 Å². The number of para-hydroxylation sites is 1. The summed E-state index contributed by atoms with van der Waals surface area (Å²) in [5.41, 5.74) is 4.79. The van der Waals surface area contributed by atoms with Gasteiger partial charge in [0, 0.05) is 34.3 Å². The van der Waals surface area contributed by atoms with Crippen LogP contribution in [0, 0.1) is 11.7 Å². The van der Waals surface area contributed by atoms with E-state index in [1.807, 2.05) is 44.3 Å². The van der Waals surface area contributed by atoms with E-state index in [4.69, 9.17) is 0 Å². The Balaban J connectivity index is 1.72. The average Bonchev–Trinajstić information content (AvgIpc) is 3.11. The summed E-state index contributed by atoms with van der Waals surface area (Å²) in [7, 11) is 0. The molecule has 0 unspecified atom stereocenters. The molecule has 2 N–H and O–H groups in total. The van der Waals surface area contributed by atoms with E-state index in [0.29, 0.717) is 0 Å². The van der Waals surface area contributed by atoms with Gasteiger partial charge in [0.2, 0.25) is 0 Å². The summed E-state index contributed by atoms with van der Waals surface area (Å²) in [6, 6.07) is 12.7. The molecule has 0 fully saturated rings. The van der Waals surface area contributed by atoms with Crippen molar-refractivity contribution >= 4 is 28.9 Å². The lowest BCUT2D eigenvalue weighted by atomic mass is 10.0. The molecule has 3 aromatic rings. The molecule has 0 saturated carbocycles. The number of hydrogen-bond acceptors (Lipinski definition) is 3. The number of halogens is 1. The molecule has 3 rings (SSSR count). The number of nitrogens with one attached hydrogen (secondary N) is 2. The highest BCUT2D eigenvalue weighted by Crippen LogP contribution is 2.23. The molecular weight excluding hydrogens is 395 g/mol. The van der Waals surface area contributed by atoms with E-state index < -0.39 is 23.7 Å². The Morgan fingerprint density at radius 3 is 2.35 bits per heavy atom. The number of hydrogen-bond donors (Lipinski definition) is 2. The van der Waals surface area contributed by atoms with Gasteiger partial charge in [0.15, 0.2) is 0 Å². The van der Waals surface area contributed by atoms with E-state index in [-0.39, 0.29) is 17.5 Å². The van der Waals surface area contributed by atoms with Crippen LogP contribution in [0.15, 0.2) is 59.8 Å². The monoisotopic (exact) mass is 422 g/mol. The molecule has 0 saturated heterocycles. The molecule has 1 heterocycles. The zero-order valence-electron chi connectivity index (χ0n) is 18.1. The predicted molar refractivity (Wildman–Crippen MR) is 121 cm³/mol. The summed E-state index contributed by atoms with van der Waals surface area (Å²) in [4.78, 5) is 25.1. The normalized spacial score (nSPS) is 12.6. The van der Waals surface area contributed by atoms with Crippen LogP contribution in [0.3, 0.4) is 0 Å². The molecule has 0 aliphatic heterocycles. The minimum absolute atomic E-state index is 0.164.